The third kappa shape index (κ3) is 6.97. The van der Waals surface area contributed by atoms with Gasteiger partial charge in [-0.25, -0.2) is 4.98 Å². The Morgan fingerprint density at radius 2 is 1.33 bits per heavy atom. The van der Waals surface area contributed by atoms with Gasteiger partial charge in [0.15, 0.2) is 18.3 Å². The summed E-state index contributed by atoms with van der Waals surface area (Å²) >= 11 is 0. The third-order valence-electron chi connectivity index (χ3n) is 5.22. The highest BCUT2D eigenvalue weighted by molar-refractivity contribution is 7.87. The van der Waals surface area contributed by atoms with Crippen LogP contribution in [-0.2, 0) is 28.6 Å². The monoisotopic (exact) mass is 572 g/mol. The topological polar surface area (TPSA) is 197 Å². The van der Waals surface area contributed by atoms with Gasteiger partial charge in [0.05, 0.1) is 29.6 Å². The first-order chi connectivity index (χ1) is 18.6. The number of nitriles is 1. The maximum atomic E-state index is 11.9. The fraction of sp³-hybridized carbons (Fsp3) is 0.217. The molecule has 0 fully saturated rings. The Hall–Kier alpha value is -4.30. The lowest BCUT2D eigenvalue weighted by Crippen LogP contribution is -2.05. The minimum absolute atomic E-state index is 0.0364. The average molecular weight is 573 g/mol. The van der Waals surface area contributed by atoms with Crippen LogP contribution in [0.25, 0.3) is 0 Å². The van der Waals surface area contributed by atoms with Crippen LogP contribution < -0.4 is 10.6 Å². The summed E-state index contributed by atoms with van der Waals surface area (Å²) in [6, 6.07) is 13.5. The fourth-order valence-electron chi connectivity index (χ4n) is 3.20. The van der Waals surface area contributed by atoms with E-state index >= 15 is 0 Å². The van der Waals surface area contributed by atoms with Gasteiger partial charge in [0, 0.05) is 24.0 Å². The van der Waals surface area contributed by atoms with E-state index in [9.17, 15) is 22.1 Å². The minimum Gasteiger partial charge on any atom is -0.339 e. The predicted molar refractivity (Wildman–Crippen MR) is 142 cm³/mol. The Morgan fingerprint density at radius 3 is 1.77 bits per heavy atom. The molecule has 0 aliphatic carbocycles. The number of aromatic nitrogens is 1. The number of anilines is 4. The van der Waals surface area contributed by atoms with Crippen LogP contribution in [0.3, 0.4) is 0 Å². The molecule has 2 N–H and O–H groups in total. The maximum absolute atomic E-state index is 11.9. The summed E-state index contributed by atoms with van der Waals surface area (Å²) in [5, 5.41) is 31.5. The Bertz CT molecular complexity index is 1650. The first kappa shape index (κ1) is 29.3. The second-order valence-corrected chi connectivity index (χ2v) is 11.0. The number of nitrogens with one attached hydrogen (secondary N) is 2. The van der Waals surface area contributed by atoms with Gasteiger partial charge >= 0.3 is 0 Å². The lowest BCUT2D eigenvalue weighted by atomic mass is 10.1. The van der Waals surface area contributed by atoms with Crippen molar-refractivity contribution in [1.82, 2.24) is 4.98 Å². The second kappa shape index (κ2) is 12.5. The van der Waals surface area contributed by atoms with Crippen LogP contribution in [0.2, 0.25) is 0 Å². The van der Waals surface area contributed by atoms with Crippen LogP contribution in [0.1, 0.15) is 11.1 Å². The predicted octanol–water partition coefficient (Wildman–Crippen LogP) is 4.54. The number of azo groups is 2. The summed E-state index contributed by atoms with van der Waals surface area (Å²) < 4.78 is 56.8. The number of hydrogen-bond donors (Lipinski definition) is 2. The molecule has 2 aromatic carbocycles. The average Bonchev–Trinajstić information content (AvgIpc) is 2.93. The van der Waals surface area contributed by atoms with Crippen molar-refractivity contribution in [2.75, 3.05) is 38.6 Å². The molecule has 0 amide bonds. The van der Waals surface area contributed by atoms with E-state index in [1.165, 1.54) is 55.6 Å². The molecule has 204 valence electrons. The van der Waals surface area contributed by atoms with Gasteiger partial charge in [0.25, 0.3) is 20.2 Å². The number of nitrogens with zero attached hydrogens (tertiary/aromatic N) is 6. The van der Waals surface area contributed by atoms with Gasteiger partial charge in [0.2, 0.25) is 0 Å². The van der Waals surface area contributed by atoms with E-state index in [0.717, 1.165) is 14.2 Å². The Morgan fingerprint density at radius 1 is 0.846 bits per heavy atom. The molecule has 0 saturated carbocycles. The summed E-state index contributed by atoms with van der Waals surface area (Å²) in [6.07, 6.45) is 0. The van der Waals surface area contributed by atoms with Crippen molar-refractivity contribution in [2.45, 2.75) is 16.7 Å². The van der Waals surface area contributed by atoms with E-state index in [-0.39, 0.29) is 39.3 Å². The van der Waals surface area contributed by atoms with Crippen molar-refractivity contribution in [3.8, 4) is 6.07 Å². The normalized spacial score (nSPS) is 12.1. The van der Waals surface area contributed by atoms with Crippen molar-refractivity contribution < 1.29 is 25.2 Å². The lowest BCUT2D eigenvalue weighted by Gasteiger charge is -2.16. The molecule has 0 aliphatic heterocycles. The van der Waals surface area contributed by atoms with Crippen LogP contribution in [0.4, 0.5) is 28.7 Å². The molecule has 1 aromatic heterocycles. The number of benzene rings is 2. The molecule has 3 aromatic rings. The zero-order chi connectivity index (χ0) is 28.6. The van der Waals surface area contributed by atoms with E-state index in [0.29, 0.717) is 16.9 Å². The first-order valence-electron chi connectivity index (χ1n) is 11.0. The highest BCUT2D eigenvalue weighted by atomic mass is 32.2. The van der Waals surface area contributed by atoms with E-state index in [1.807, 2.05) is 0 Å². The van der Waals surface area contributed by atoms with Gasteiger partial charge in [-0.3, -0.25) is 8.37 Å². The first-order valence-corrected chi connectivity index (χ1v) is 13.8. The summed E-state index contributed by atoms with van der Waals surface area (Å²) in [5.41, 5.74) is 1.77. The SMILES string of the molecule is CN=NCN=Nc1c(Nc2ccc(S(=O)(=O)OC)cc2)nc(Nc2ccc(S(=O)(=O)OC)cc2)c(C#N)c1C. The van der Waals surface area contributed by atoms with Crippen molar-refractivity contribution >= 4 is 48.9 Å². The molecule has 16 heteroatoms. The Balaban J connectivity index is 2.06. The Labute approximate surface area is 225 Å². The van der Waals surface area contributed by atoms with E-state index in [4.69, 9.17) is 0 Å². The summed E-state index contributed by atoms with van der Waals surface area (Å²) in [4.78, 5) is 4.45. The molecule has 0 radical (unpaired) electrons. The number of rotatable bonds is 11. The largest absolute Gasteiger partial charge is 0.339 e. The standard InChI is InChI=1S/C23H24N8O6S2/c1-15-20(13-24)22(28-16-5-9-18(10-6-16)38(32,33)36-3)30-23(21(15)31-27-14-26-25-2)29-17-7-11-19(12-8-17)39(34,35)37-4/h5-12H,14H2,1-4H3,(H2,28,29,30). The van der Waals surface area contributed by atoms with E-state index < -0.39 is 20.2 Å². The fourth-order valence-corrected chi connectivity index (χ4v) is 4.52. The zero-order valence-electron chi connectivity index (χ0n) is 21.3. The molecule has 3 rings (SSSR count). The van der Waals surface area contributed by atoms with Gasteiger partial charge in [-0.15, -0.1) is 5.11 Å². The van der Waals surface area contributed by atoms with Crippen LogP contribution in [0.15, 0.2) is 78.8 Å². The quantitative estimate of drug-likeness (QED) is 0.243. The zero-order valence-corrected chi connectivity index (χ0v) is 22.9. The molecule has 0 unspecified atom stereocenters. The lowest BCUT2D eigenvalue weighted by molar-refractivity contribution is 0.396. The maximum Gasteiger partial charge on any atom is 0.296 e. The molecule has 1 heterocycles. The summed E-state index contributed by atoms with van der Waals surface area (Å²) in [6.45, 7) is 1.62. The van der Waals surface area contributed by atoms with Gasteiger partial charge in [0.1, 0.15) is 11.8 Å². The molecule has 0 aliphatic rings. The highest BCUT2D eigenvalue weighted by Gasteiger charge is 2.19. The molecule has 0 bridgehead atoms. The van der Waals surface area contributed by atoms with E-state index in [1.54, 1.807) is 6.92 Å². The molecule has 14 nitrogen and oxygen atoms in total. The summed E-state index contributed by atoms with van der Waals surface area (Å²) in [5.74, 6) is 0.359. The van der Waals surface area contributed by atoms with Crippen LogP contribution >= 0.6 is 0 Å². The van der Waals surface area contributed by atoms with Gasteiger partial charge < -0.3 is 10.6 Å². The molecular weight excluding hydrogens is 548 g/mol. The van der Waals surface area contributed by atoms with Crippen LogP contribution in [-0.4, -0.2) is 49.8 Å². The van der Waals surface area contributed by atoms with E-state index in [2.05, 4.69) is 50.5 Å². The smallest absolute Gasteiger partial charge is 0.296 e. The molecule has 39 heavy (non-hydrogen) atoms. The van der Waals surface area contributed by atoms with Gasteiger partial charge in [-0.05, 0) is 55.5 Å². The van der Waals surface area contributed by atoms with Gasteiger partial charge in [-0.2, -0.15) is 37.4 Å². The number of pyridine rings is 1. The summed E-state index contributed by atoms with van der Waals surface area (Å²) in [7, 11) is -4.11. The third-order valence-corrected chi connectivity index (χ3v) is 7.79. The van der Waals surface area contributed by atoms with Crippen LogP contribution in [0, 0.1) is 18.3 Å². The molecule has 0 saturated heterocycles. The number of hydrogen-bond acceptors (Lipinski definition) is 14. The molecule has 0 spiro atoms. The molecular formula is C23H24N8O6S2. The van der Waals surface area contributed by atoms with Gasteiger partial charge in [-0.1, -0.05) is 0 Å². The molecule has 0 atom stereocenters. The van der Waals surface area contributed by atoms with Crippen molar-refractivity contribution in [3.63, 3.8) is 0 Å². The van der Waals surface area contributed by atoms with Crippen molar-refractivity contribution in [1.29, 1.82) is 5.26 Å². The van der Waals surface area contributed by atoms with Crippen molar-refractivity contribution in [2.24, 2.45) is 20.5 Å². The van der Waals surface area contributed by atoms with Crippen LogP contribution in [0.5, 0.6) is 0 Å². The second-order valence-electron chi connectivity index (χ2n) is 7.53. The minimum atomic E-state index is -3.87. The van der Waals surface area contributed by atoms with Crippen molar-refractivity contribution in [3.05, 3.63) is 59.7 Å². The Kier molecular flexibility index (Phi) is 9.37. The highest BCUT2D eigenvalue weighted by Crippen LogP contribution is 2.36.